The van der Waals surface area contributed by atoms with Gasteiger partial charge >= 0.3 is 0 Å². The largest absolute Gasteiger partial charge is 0.380 e. The van der Waals surface area contributed by atoms with Gasteiger partial charge in [0.25, 0.3) is 0 Å². The topological polar surface area (TPSA) is 47.3 Å². The fourth-order valence-electron chi connectivity index (χ4n) is 2.48. The van der Waals surface area contributed by atoms with E-state index in [1.807, 2.05) is 6.07 Å². The SMILES string of the molecule is COCc1ccccc1C(CN)NC1CC=CC1. The summed E-state index contributed by atoms with van der Waals surface area (Å²) in [6.07, 6.45) is 6.66. The Hall–Kier alpha value is -1.16. The van der Waals surface area contributed by atoms with Crippen LogP contribution >= 0.6 is 0 Å². The summed E-state index contributed by atoms with van der Waals surface area (Å²) < 4.78 is 5.25. The van der Waals surface area contributed by atoms with Crippen LogP contribution in [0.15, 0.2) is 36.4 Å². The van der Waals surface area contributed by atoms with Crippen LogP contribution in [0.4, 0.5) is 0 Å². The highest BCUT2D eigenvalue weighted by atomic mass is 16.5. The van der Waals surface area contributed by atoms with Crippen LogP contribution < -0.4 is 11.1 Å². The van der Waals surface area contributed by atoms with Crippen molar-refractivity contribution in [1.29, 1.82) is 0 Å². The third kappa shape index (κ3) is 3.19. The van der Waals surface area contributed by atoms with E-state index in [0.29, 0.717) is 19.2 Å². The predicted octanol–water partition coefficient (Wildman–Crippen LogP) is 2.14. The molecule has 1 unspecified atom stereocenters. The Labute approximate surface area is 109 Å². The Bertz CT molecular complexity index is 395. The molecule has 1 aromatic rings. The summed E-state index contributed by atoms with van der Waals surface area (Å²) in [5.74, 6) is 0. The predicted molar refractivity (Wildman–Crippen MR) is 74.2 cm³/mol. The molecular formula is C15H22N2O. The molecule has 0 saturated heterocycles. The first-order valence-corrected chi connectivity index (χ1v) is 6.53. The number of hydrogen-bond donors (Lipinski definition) is 2. The van der Waals surface area contributed by atoms with Gasteiger partial charge in [0.15, 0.2) is 0 Å². The summed E-state index contributed by atoms with van der Waals surface area (Å²) >= 11 is 0. The Morgan fingerprint density at radius 1 is 1.33 bits per heavy atom. The summed E-state index contributed by atoms with van der Waals surface area (Å²) in [6.45, 7) is 1.24. The van der Waals surface area contributed by atoms with Gasteiger partial charge in [-0.1, -0.05) is 36.4 Å². The second-order valence-electron chi connectivity index (χ2n) is 4.73. The van der Waals surface area contributed by atoms with E-state index in [0.717, 1.165) is 12.8 Å². The van der Waals surface area contributed by atoms with Crippen LogP contribution in [0.1, 0.15) is 30.0 Å². The lowest BCUT2D eigenvalue weighted by atomic mass is 9.99. The fraction of sp³-hybridized carbons (Fsp3) is 0.467. The van der Waals surface area contributed by atoms with Crippen LogP contribution in [0.3, 0.4) is 0 Å². The summed E-state index contributed by atoms with van der Waals surface area (Å²) in [6, 6.07) is 9.08. The van der Waals surface area contributed by atoms with Crippen LogP contribution in [0, 0.1) is 0 Å². The summed E-state index contributed by atoms with van der Waals surface area (Å²) in [5.41, 5.74) is 8.40. The van der Waals surface area contributed by atoms with Gasteiger partial charge in [-0.05, 0) is 24.0 Å². The van der Waals surface area contributed by atoms with E-state index in [1.54, 1.807) is 7.11 Å². The van der Waals surface area contributed by atoms with Crippen molar-refractivity contribution in [1.82, 2.24) is 5.32 Å². The van der Waals surface area contributed by atoms with E-state index in [-0.39, 0.29) is 6.04 Å². The van der Waals surface area contributed by atoms with Gasteiger partial charge in [-0.25, -0.2) is 0 Å². The van der Waals surface area contributed by atoms with Crippen LogP contribution in [0.25, 0.3) is 0 Å². The highest BCUT2D eigenvalue weighted by Gasteiger charge is 2.18. The standard InChI is InChI=1S/C15H22N2O/c1-18-11-12-6-2-5-9-14(12)15(10-16)17-13-7-3-4-8-13/h2-6,9,13,15,17H,7-8,10-11,16H2,1H3. The Morgan fingerprint density at radius 2 is 2.06 bits per heavy atom. The van der Waals surface area contributed by atoms with Gasteiger partial charge < -0.3 is 15.8 Å². The number of rotatable bonds is 6. The maximum Gasteiger partial charge on any atom is 0.0716 e. The van der Waals surface area contributed by atoms with Crippen molar-refractivity contribution in [3.63, 3.8) is 0 Å². The van der Waals surface area contributed by atoms with Crippen LogP contribution in [-0.2, 0) is 11.3 Å². The molecule has 3 N–H and O–H groups in total. The van der Waals surface area contributed by atoms with Crippen LogP contribution in [0.2, 0.25) is 0 Å². The number of methoxy groups -OCH3 is 1. The van der Waals surface area contributed by atoms with Gasteiger partial charge in [0.2, 0.25) is 0 Å². The molecule has 3 heteroatoms. The minimum Gasteiger partial charge on any atom is -0.380 e. The van der Waals surface area contributed by atoms with Gasteiger partial charge in [-0.2, -0.15) is 0 Å². The zero-order chi connectivity index (χ0) is 12.8. The normalized spacial score (nSPS) is 17.2. The lowest BCUT2D eigenvalue weighted by Crippen LogP contribution is -2.35. The zero-order valence-corrected chi connectivity index (χ0v) is 10.9. The minimum absolute atomic E-state index is 0.209. The van der Waals surface area contributed by atoms with E-state index in [1.165, 1.54) is 11.1 Å². The van der Waals surface area contributed by atoms with Gasteiger partial charge in [-0.15, -0.1) is 0 Å². The highest BCUT2D eigenvalue weighted by Crippen LogP contribution is 2.21. The molecule has 1 aliphatic carbocycles. The lowest BCUT2D eigenvalue weighted by Gasteiger charge is -2.24. The average molecular weight is 246 g/mol. The molecule has 18 heavy (non-hydrogen) atoms. The van der Waals surface area contributed by atoms with Crippen molar-refractivity contribution in [2.75, 3.05) is 13.7 Å². The Morgan fingerprint density at radius 3 is 2.72 bits per heavy atom. The monoisotopic (exact) mass is 246 g/mol. The van der Waals surface area contributed by atoms with Gasteiger partial charge in [0.1, 0.15) is 0 Å². The molecule has 1 atom stereocenters. The Kier molecular flexibility index (Phi) is 4.93. The molecule has 0 amide bonds. The maximum absolute atomic E-state index is 5.92. The highest BCUT2D eigenvalue weighted by molar-refractivity contribution is 5.30. The third-order valence-corrected chi connectivity index (χ3v) is 3.41. The molecule has 0 saturated carbocycles. The van der Waals surface area contributed by atoms with Crippen molar-refractivity contribution in [3.05, 3.63) is 47.5 Å². The maximum atomic E-state index is 5.92. The molecule has 1 aromatic carbocycles. The molecule has 1 aliphatic rings. The van der Waals surface area contributed by atoms with Crippen molar-refractivity contribution in [2.45, 2.75) is 31.5 Å². The minimum atomic E-state index is 0.209. The first kappa shape index (κ1) is 13.3. The molecule has 0 fully saturated rings. The Balaban J connectivity index is 2.10. The van der Waals surface area contributed by atoms with Crippen LogP contribution in [-0.4, -0.2) is 19.7 Å². The van der Waals surface area contributed by atoms with E-state index in [4.69, 9.17) is 10.5 Å². The fourth-order valence-corrected chi connectivity index (χ4v) is 2.48. The van der Waals surface area contributed by atoms with Crippen molar-refractivity contribution >= 4 is 0 Å². The van der Waals surface area contributed by atoms with Gasteiger partial charge in [-0.3, -0.25) is 0 Å². The van der Waals surface area contributed by atoms with E-state index >= 15 is 0 Å². The molecule has 0 bridgehead atoms. The zero-order valence-electron chi connectivity index (χ0n) is 10.9. The average Bonchev–Trinajstić information content (AvgIpc) is 2.90. The molecule has 2 rings (SSSR count). The van der Waals surface area contributed by atoms with Gasteiger partial charge in [0, 0.05) is 25.7 Å². The van der Waals surface area contributed by atoms with Crippen molar-refractivity contribution in [2.24, 2.45) is 5.73 Å². The summed E-state index contributed by atoms with van der Waals surface area (Å²) in [4.78, 5) is 0. The van der Waals surface area contributed by atoms with Crippen molar-refractivity contribution < 1.29 is 4.74 Å². The number of nitrogens with one attached hydrogen (secondary N) is 1. The van der Waals surface area contributed by atoms with Crippen molar-refractivity contribution in [3.8, 4) is 0 Å². The molecule has 0 heterocycles. The first-order chi connectivity index (χ1) is 8.85. The quantitative estimate of drug-likeness (QED) is 0.756. The number of ether oxygens (including phenoxy) is 1. The third-order valence-electron chi connectivity index (χ3n) is 3.41. The van der Waals surface area contributed by atoms with E-state index < -0.39 is 0 Å². The summed E-state index contributed by atoms with van der Waals surface area (Å²) in [5, 5.41) is 3.64. The first-order valence-electron chi connectivity index (χ1n) is 6.53. The lowest BCUT2D eigenvalue weighted by molar-refractivity contribution is 0.183. The summed E-state index contributed by atoms with van der Waals surface area (Å²) in [7, 11) is 1.72. The second-order valence-corrected chi connectivity index (χ2v) is 4.73. The molecule has 0 aromatic heterocycles. The molecule has 0 spiro atoms. The number of benzene rings is 1. The van der Waals surface area contributed by atoms with E-state index in [9.17, 15) is 0 Å². The molecule has 0 radical (unpaired) electrons. The molecule has 0 aliphatic heterocycles. The molecule has 3 nitrogen and oxygen atoms in total. The molecule has 98 valence electrons. The number of nitrogens with two attached hydrogens (primary N) is 1. The molecular weight excluding hydrogens is 224 g/mol. The smallest absolute Gasteiger partial charge is 0.0716 e. The van der Waals surface area contributed by atoms with Crippen LogP contribution in [0.5, 0.6) is 0 Å². The number of hydrogen-bond acceptors (Lipinski definition) is 3. The van der Waals surface area contributed by atoms with E-state index in [2.05, 4.69) is 35.7 Å². The van der Waals surface area contributed by atoms with Gasteiger partial charge in [0.05, 0.1) is 6.61 Å². The second kappa shape index (κ2) is 6.69.